The second-order valence-electron chi connectivity index (χ2n) is 11.6. The lowest BCUT2D eigenvalue weighted by molar-refractivity contribution is 0.0598. The molecule has 0 aliphatic carbocycles. The molecule has 0 amide bonds. The molecule has 0 heterocycles. The predicted molar refractivity (Wildman–Crippen MR) is 196 cm³/mol. The Morgan fingerprint density at radius 2 is 0.482 bits per heavy atom. The topological polar surface area (TPSA) is 178 Å². The fourth-order valence-corrected chi connectivity index (χ4v) is 4.84. The number of esters is 6. The fraction of sp³-hybridized carbons (Fsp3) is 0.0233. The van der Waals surface area contributed by atoms with Gasteiger partial charge in [0, 0.05) is 0 Å². The molecule has 13 nitrogen and oxygen atoms in total. The highest BCUT2D eigenvalue weighted by atomic mass is 16.6. The Kier molecular flexibility index (Phi) is 11.6. The van der Waals surface area contributed by atoms with E-state index in [9.17, 15) is 33.9 Å². The maximum atomic E-state index is 12.8. The van der Waals surface area contributed by atoms with Gasteiger partial charge in [0.2, 0.25) is 0 Å². The van der Waals surface area contributed by atoms with Crippen LogP contribution in [-0.4, -0.2) is 48.0 Å². The number of rotatable bonds is 11. The Morgan fingerprint density at radius 1 is 0.304 bits per heavy atom. The lowest BCUT2D eigenvalue weighted by Crippen LogP contribution is -2.11. The highest BCUT2D eigenvalue weighted by molar-refractivity contribution is 5.95. The van der Waals surface area contributed by atoms with Crippen molar-refractivity contribution in [3.05, 3.63) is 179 Å². The summed E-state index contributed by atoms with van der Waals surface area (Å²) >= 11 is 0. The van der Waals surface area contributed by atoms with Gasteiger partial charge in [0.1, 0.15) is 34.5 Å². The number of carbonyl (C=O) groups excluding carboxylic acids is 6. The Balaban J connectivity index is 0.958. The molecule has 13 heteroatoms. The molecule has 6 rings (SSSR count). The minimum atomic E-state index is -0.701. The van der Waals surface area contributed by atoms with Gasteiger partial charge < -0.3 is 33.5 Å². The van der Waals surface area contributed by atoms with Crippen LogP contribution in [0.15, 0.2) is 146 Å². The zero-order valence-electron chi connectivity index (χ0n) is 29.2. The van der Waals surface area contributed by atoms with Gasteiger partial charge in [-0.15, -0.1) is 0 Å². The van der Waals surface area contributed by atoms with E-state index in [1.165, 1.54) is 153 Å². The molecule has 0 fully saturated rings. The molecule has 6 aromatic rings. The summed E-state index contributed by atoms with van der Waals surface area (Å²) in [5.74, 6) is -2.97. The van der Waals surface area contributed by atoms with Crippen molar-refractivity contribution in [2.24, 2.45) is 0 Å². The second-order valence-corrected chi connectivity index (χ2v) is 11.6. The minimum absolute atomic E-state index is 0.0141. The quantitative estimate of drug-likeness (QED) is 0.103. The highest BCUT2D eigenvalue weighted by Gasteiger charge is 2.16. The Bertz CT molecular complexity index is 2380. The molecule has 0 aliphatic heterocycles. The maximum Gasteiger partial charge on any atom is 0.343 e. The molecule has 278 valence electrons. The first-order chi connectivity index (χ1) is 27.0. The molecule has 56 heavy (non-hydrogen) atoms. The highest BCUT2D eigenvalue weighted by Crippen LogP contribution is 2.22. The van der Waals surface area contributed by atoms with E-state index in [0.29, 0.717) is 5.56 Å². The van der Waals surface area contributed by atoms with Gasteiger partial charge >= 0.3 is 35.8 Å². The lowest BCUT2D eigenvalue weighted by Gasteiger charge is -2.09. The van der Waals surface area contributed by atoms with Crippen LogP contribution in [0, 0.1) is 0 Å². The van der Waals surface area contributed by atoms with E-state index in [-0.39, 0.29) is 62.3 Å². The fourth-order valence-electron chi connectivity index (χ4n) is 4.84. The van der Waals surface area contributed by atoms with Crippen LogP contribution in [0.25, 0.3) is 0 Å². The van der Waals surface area contributed by atoms with Gasteiger partial charge in [0.25, 0.3) is 0 Å². The SMILES string of the molecule is COC(=O)c1ccc(OC(=O)c2ccc(OC(=O)c3ccc(OC(=O)c4ccc(OC(=O)c5ccc(OC(=O)c6ccc(O)cc6)cc5)cc4)cc3)cc2)cc1. The molecule has 0 spiro atoms. The average molecular weight is 753 g/mol. The van der Waals surface area contributed by atoms with Crippen LogP contribution in [0.1, 0.15) is 62.1 Å². The van der Waals surface area contributed by atoms with Crippen molar-refractivity contribution in [1.29, 1.82) is 0 Å². The molecular formula is C43H28O13. The molecule has 0 saturated heterocycles. The van der Waals surface area contributed by atoms with Crippen molar-refractivity contribution in [2.75, 3.05) is 7.11 Å². The summed E-state index contributed by atoms with van der Waals surface area (Å²) in [6.45, 7) is 0. The van der Waals surface area contributed by atoms with E-state index in [1.807, 2.05) is 0 Å². The molecule has 0 unspecified atom stereocenters. The summed E-state index contributed by atoms with van der Waals surface area (Å²) in [6, 6.07) is 34.2. The molecule has 6 aromatic carbocycles. The summed E-state index contributed by atoms with van der Waals surface area (Å²) in [4.78, 5) is 74.5. The van der Waals surface area contributed by atoms with Crippen LogP contribution >= 0.6 is 0 Å². The van der Waals surface area contributed by atoms with Gasteiger partial charge in [0.15, 0.2) is 0 Å². The van der Waals surface area contributed by atoms with Crippen molar-refractivity contribution in [2.45, 2.75) is 0 Å². The van der Waals surface area contributed by atoms with E-state index in [1.54, 1.807) is 0 Å². The number of methoxy groups -OCH3 is 1. The first-order valence-electron chi connectivity index (χ1n) is 16.5. The van der Waals surface area contributed by atoms with E-state index in [2.05, 4.69) is 4.74 Å². The molecule has 0 radical (unpaired) electrons. The number of hydrogen-bond acceptors (Lipinski definition) is 13. The third kappa shape index (κ3) is 9.67. The van der Waals surface area contributed by atoms with Crippen LogP contribution in [0.2, 0.25) is 0 Å². The molecule has 0 saturated carbocycles. The van der Waals surface area contributed by atoms with Crippen molar-refractivity contribution >= 4 is 35.8 Å². The first-order valence-corrected chi connectivity index (χ1v) is 16.5. The predicted octanol–water partition coefficient (Wildman–Crippen LogP) is 7.27. The van der Waals surface area contributed by atoms with Crippen LogP contribution in [0.4, 0.5) is 0 Å². The normalized spacial score (nSPS) is 10.4. The van der Waals surface area contributed by atoms with Gasteiger partial charge in [-0.3, -0.25) is 0 Å². The Morgan fingerprint density at radius 3 is 0.679 bits per heavy atom. The molecule has 0 bridgehead atoms. The van der Waals surface area contributed by atoms with Crippen LogP contribution in [-0.2, 0) is 4.74 Å². The summed E-state index contributed by atoms with van der Waals surface area (Å²) in [5.41, 5.74) is 1.25. The molecule has 0 aliphatic rings. The standard InChI is InChI=1S/C43H28O13/c1-51-38(45)26-4-16-33(17-5-26)53-40(47)28-8-20-35(21-9-28)55-42(49)30-12-24-37(25-13-30)56-43(50)31-10-22-36(23-11-31)54-41(48)29-6-18-34(19-7-29)52-39(46)27-2-14-32(44)15-3-27/h2-25,44H,1H3. The van der Waals surface area contributed by atoms with Gasteiger partial charge in [-0.25, -0.2) is 28.8 Å². The lowest BCUT2D eigenvalue weighted by atomic mass is 10.2. The summed E-state index contributed by atoms with van der Waals surface area (Å²) < 4.78 is 31.4. The maximum absolute atomic E-state index is 12.8. The Hall–Kier alpha value is -8.06. The Labute approximate surface area is 318 Å². The van der Waals surface area contributed by atoms with E-state index in [4.69, 9.17) is 23.7 Å². The third-order valence-corrected chi connectivity index (χ3v) is 7.79. The third-order valence-electron chi connectivity index (χ3n) is 7.79. The number of phenolic OH excluding ortho intramolecular Hbond substituents is 1. The second kappa shape index (κ2) is 17.2. The van der Waals surface area contributed by atoms with Crippen molar-refractivity contribution < 1.29 is 62.3 Å². The smallest absolute Gasteiger partial charge is 0.343 e. The van der Waals surface area contributed by atoms with Crippen LogP contribution in [0.5, 0.6) is 34.5 Å². The number of phenols is 1. The largest absolute Gasteiger partial charge is 0.508 e. The van der Waals surface area contributed by atoms with Gasteiger partial charge in [-0.1, -0.05) is 0 Å². The number of ether oxygens (including phenoxy) is 6. The summed E-state index contributed by atoms with van der Waals surface area (Å²) in [5, 5.41) is 9.37. The zero-order valence-corrected chi connectivity index (χ0v) is 29.2. The number of carbonyl (C=O) groups is 6. The molecular weight excluding hydrogens is 724 g/mol. The number of hydrogen-bond donors (Lipinski definition) is 1. The van der Waals surface area contributed by atoms with Crippen LogP contribution in [0.3, 0.4) is 0 Å². The number of benzene rings is 6. The average Bonchev–Trinajstić information content (AvgIpc) is 3.22. The monoisotopic (exact) mass is 752 g/mol. The van der Waals surface area contributed by atoms with E-state index in [0.717, 1.165) is 0 Å². The molecule has 0 aromatic heterocycles. The summed E-state index contributed by atoms with van der Waals surface area (Å²) in [6.07, 6.45) is 0. The van der Waals surface area contributed by atoms with Crippen LogP contribution < -0.4 is 23.7 Å². The van der Waals surface area contributed by atoms with Gasteiger partial charge in [-0.05, 0) is 146 Å². The van der Waals surface area contributed by atoms with Gasteiger partial charge in [-0.2, -0.15) is 0 Å². The number of aromatic hydroxyl groups is 1. The van der Waals surface area contributed by atoms with E-state index >= 15 is 0 Å². The molecule has 1 N–H and O–H groups in total. The molecule has 0 atom stereocenters. The van der Waals surface area contributed by atoms with Crippen molar-refractivity contribution in [3.63, 3.8) is 0 Å². The zero-order chi connectivity index (χ0) is 39.6. The van der Waals surface area contributed by atoms with Crippen molar-refractivity contribution in [3.8, 4) is 34.5 Å². The summed E-state index contributed by atoms with van der Waals surface area (Å²) in [7, 11) is 1.26. The van der Waals surface area contributed by atoms with Gasteiger partial charge in [0.05, 0.1) is 40.5 Å². The minimum Gasteiger partial charge on any atom is -0.508 e. The first kappa shape index (κ1) is 37.7. The van der Waals surface area contributed by atoms with Crippen molar-refractivity contribution in [1.82, 2.24) is 0 Å². The van der Waals surface area contributed by atoms with E-state index < -0.39 is 35.8 Å².